The van der Waals surface area contributed by atoms with Gasteiger partial charge in [-0.05, 0) is 25.5 Å². The SMILES string of the molecule is CCOC(=O)C(CC)c1cn2cc(Cl)ccc2n1. The number of carbonyl (C=O) groups is 1. The Bertz CT molecular complexity index is 565. The smallest absolute Gasteiger partial charge is 0.315 e. The predicted octanol–water partition coefficient (Wildman–Crippen LogP) is 3.04. The van der Waals surface area contributed by atoms with Gasteiger partial charge >= 0.3 is 5.97 Å². The number of fused-ring (bicyclic) bond motifs is 1. The lowest BCUT2D eigenvalue weighted by Crippen LogP contribution is -2.15. The number of hydrogen-bond acceptors (Lipinski definition) is 3. The fraction of sp³-hybridized carbons (Fsp3) is 0.385. The Kier molecular flexibility index (Phi) is 3.87. The van der Waals surface area contributed by atoms with Crippen LogP contribution < -0.4 is 0 Å². The number of nitrogens with zero attached hydrogens (tertiary/aromatic N) is 2. The van der Waals surface area contributed by atoms with Crippen molar-refractivity contribution in [3.8, 4) is 0 Å². The lowest BCUT2D eigenvalue weighted by atomic mass is 10.0. The van der Waals surface area contributed by atoms with Crippen LogP contribution in [0, 0.1) is 0 Å². The molecule has 0 bridgehead atoms. The first kappa shape index (κ1) is 12.9. The molecule has 0 aliphatic rings. The first-order valence-electron chi connectivity index (χ1n) is 5.96. The molecule has 0 spiro atoms. The van der Waals surface area contributed by atoms with Gasteiger partial charge in [-0.1, -0.05) is 18.5 Å². The van der Waals surface area contributed by atoms with Gasteiger partial charge in [-0.15, -0.1) is 0 Å². The molecule has 0 radical (unpaired) electrons. The Labute approximate surface area is 111 Å². The Morgan fingerprint density at radius 1 is 1.44 bits per heavy atom. The molecule has 0 aliphatic carbocycles. The predicted molar refractivity (Wildman–Crippen MR) is 69.9 cm³/mol. The summed E-state index contributed by atoms with van der Waals surface area (Å²) in [5.41, 5.74) is 1.50. The third kappa shape index (κ3) is 2.48. The van der Waals surface area contributed by atoms with E-state index < -0.39 is 0 Å². The minimum absolute atomic E-state index is 0.227. The lowest BCUT2D eigenvalue weighted by Gasteiger charge is -2.10. The van der Waals surface area contributed by atoms with Crippen LogP contribution in [-0.2, 0) is 9.53 Å². The monoisotopic (exact) mass is 266 g/mol. The molecule has 2 heterocycles. The molecule has 0 N–H and O–H groups in total. The third-order valence-electron chi connectivity index (χ3n) is 2.77. The Morgan fingerprint density at radius 2 is 2.22 bits per heavy atom. The van der Waals surface area contributed by atoms with Crippen molar-refractivity contribution >= 4 is 23.2 Å². The zero-order valence-corrected chi connectivity index (χ0v) is 11.1. The van der Waals surface area contributed by atoms with Gasteiger partial charge in [0.25, 0.3) is 0 Å². The van der Waals surface area contributed by atoms with Crippen molar-refractivity contribution in [2.24, 2.45) is 0 Å². The van der Waals surface area contributed by atoms with Crippen LogP contribution in [0.1, 0.15) is 31.9 Å². The van der Waals surface area contributed by atoms with Crippen LogP contribution in [-0.4, -0.2) is 22.0 Å². The quantitative estimate of drug-likeness (QED) is 0.799. The fourth-order valence-corrected chi connectivity index (χ4v) is 2.06. The van der Waals surface area contributed by atoms with Gasteiger partial charge in [-0.2, -0.15) is 0 Å². The van der Waals surface area contributed by atoms with Crippen molar-refractivity contribution in [2.45, 2.75) is 26.2 Å². The molecule has 1 unspecified atom stereocenters. The number of hydrogen-bond donors (Lipinski definition) is 0. The van der Waals surface area contributed by atoms with Crippen LogP contribution in [0.2, 0.25) is 5.02 Å². The average Bonchev–Trinajstić information content (AvgIpc) is 2.72. The van der Waals surface area contributed by atoms with Crippen LogP contribution in [0.25, 0.3) is 5.65 Å². The summed E-state index contributed by atoms with van der Waals surface area (Å²) in [4.78, 5) is 16.3. The summed E-state index contributed by atoms with van der Waals surface area (Å²) < 4.78 is 6.87. The maximum atomic E-state index is 11.8. The van der Waals surface area contributed by atoms with E-state index in [4.69, 9.17) is 16.3 Å². The molecule has 0 aliphatic heterocycles. The van der Waals surface area contributed by atoms with Crippen molar-refractivity contribution < 1.29 is 9.53 Å². The number of halogens is 1. The third-order valence-corrected chi connectivity index (χ3v) is 2.99. The largest absolute Gasteiger partial charge is 0.465 e. The molecule has 0 amide bonds. The van der Waals surface area contributed by atoms with Gasteiger partial charge in [0.1, 0.15) is 11.6 Å². The Balaban J connectivity index is 2.36. The zero-order valence-electron chi connectivity index (χ0n) is 10.4. The second-order valence-electron chi connectivity index (χ2n) is 3.99. The summed E-state index contributed by atoms with van der Waals surface area (Å²) >= 11 is 5.91. The van der Waals surface area contributed by atoms with Gasteiger partial charge in [0, 0.05) is 12.4 Å². The second-order valence-corrected chi connectivity index (χ2v) is 4.43. The molecular weight excluding hydrogens is 252 g/mol. The first-order chi connectivity index (χ1) is 8.65. The minimum Gasteiger partial charge on any atom is -0.465 e. The summed E-state index contributed by atoms with van der Waals surface area (Å²) in [6.07, 6.45) is 4.26. The van der Waals surface area contributed by atoms with E-state index in [1.807, 2.05) is 23.6 Å². The highest BCUT2D eigenvalue weighted by Gasteiger charge is 2.22. The molecule has 0 saturated carbocycles. The van der Waals surface area contributed by atoms with Crippen molar-refractivity contribution in [3.05, 3.63) is 35.2 Å². The number of esters is 1. The summed E-state index contributed by atoms with van der Waals surface area (Å²) in [5, 5.41) is 0.635. The molecule has 2 rings (SSSR count). The Hall–Kier alpha value is -1.55. The molecule has 2 aromatic heterocycles. The number of pyridine rings is 1. The highest BCUT2D eigenvalue weighted by atomic mass is 35.5. The molecular formula is C13H15ClN2O2. The number of ether oxygens (including phenoxy) is 1. The summed E-state index contributed by atoms with van der Waals surface area (Å²) in [6.45, 7) is 4.13. The van der Waals surface area contributed by atoms with Crippen LogP contribution in [0.3, 0.4) is 0 Å². The number of carbonyl (C=O) groups excluding carboxylic acids is 1. The normalized spacial score (nSPS) is 12.6. The topological polar surface area (TPSA) is 43.6 Å². The molecule has 1 atom stereocenters. The maximum absolute atomic E-state index is 11.8. The summed E-state index contributed by atoms with van der Waals surface area (Å²) in [6, 6.07) is 3.60. The molecule has 0 aromatic carbocycles. The van der Waals surface area contributed by atoms with Crippen molar-refractivity contribution in [1.29, 1.82) is 0 Å². The van der Waals surface area contributed by atoms with Gasteiger partial charge in [0.15, 0.2) is 0 Å². The summed E-state index contributed by atoms with van der Waals surface area (Å²) in [5.74, 6) is -0.543. The maximum Gasteiger partial charge on any atom is 0.315 e. The molecule has 5 heteroatoms. The van der Waals surface area contributed by atoms with Crippen molar-refractivity contribution in [2.75, 3.05) is 6.61 Å². The van der Waals surface area contributed by atoms with Gasteiger partial charge in [0.2, 0.25) is 0 Å². The van der Waals surface area contributed by atoms with Crippen molar-refractivity contribution in [1.82, 2.24) is 9.38 Å². The van der Waals surface area contributed by atoms with Crippen molar-refractivity contribution in [3.63, 3.8) is 0 Å². The van der Waals surface area contributed by atoms with Gasteiger partial charge in [-0.3, -0.25) is 4.79 Å². The standard InChI is InChI=1S/C13H15ClN2O2/c1-3-10(13(17)18-4-2)11-8-16-7-9(14)5-6-12(16)15-11/h5-8,10H,3-4H2,1-2H3. The van der Waals surface area contributed by atoms with E-state index in [1.165, 1.54) is 0 Å². The number of rotatable bonds is 4. The van der Waals surface area contributed by atoms with Gasteiger partial charge in [-0.25, -0.2) is 4.98 Å². The van der Waals surface area contributed by atoms with Crippen LogP contribution >= 0.6 is 11.6 Å². The van der Waals surface area contributed by atoms with E-state index in [1.54, 1.807) is 19.2 Å². The van der Waals surface area contributed by atoms with E-state index in [-0.39, 0.29) is 11.9 Å². The Morgan fingerprint density at radius 3 is 2.89 bits per heavy atom. The van der Waals surface area contributed by atoms with E-state index >= 15 is 0 Å². The van der Waals surface area contributed by atoms with Crippen LogP contribution in [0.5, 0.6) is 0 Å². The highest BCUT2D eigenvalue weighted by molar-refractivity contribution is 6.30. The molecule has 96 valence electrons. The molecule has 18 heavy (non-hydrogen) atoms. The highest BCUT2D eigenvalue weighted by Crippen LogP contribution is 2.22. The number of aromatic nitrogens is 2. The van der Waals surface area contributed by atoms with Gasteiger partial charge in [0.05, 0.1) is 17.3 Å². The van der Waals surface area contributed by atoms with E-state index in [0.29, 0.717) is 18.1 Å². The van der Waals surface area contributed by atoms with Crippen LogP contribution in [0.15, 0.2) is 24.5 Å². The van der Waals surface area contributed by atoms with E-state index in [0.717, 1.165) is 11.3 Å². The van der Waals surface area contributed by atoms with Gasteiger partial charge < -0.3 is 9.14 Å². The fourth-order valence-electron chi connectivity index (χ4n) is 1.89. The van der Waals surface area contributed by atoms with Crippen LogP contribution in [0.4, 0.5) is 0 Å². The zero-order chi connectivity index (χ0) is 13.1. The molecule has 0 fully saturated rings. The lowest BCUT2D eigenvalue weighted by molar-refractivity contribution is -0.145. The molecule has 2 aromatic rings. The second kappa shape index (κ2) is 5.40. The molecule has 4 nitrogen and oxygen atoms in total. The average molecular weight is 267 g/mol. The van der Waals surface area contributed by atoms with E-state index in [9.17, 15) is 4.79 Å². The minimum atomic E-state index is -0.316. The first-order valence-corrected chi connectivity index (χ1v) is 6.34. The summed E-state index contributed by atoms with van der Waals surface area (Å²) in [7, 11) is 0. The van der Waals surface area contributed by atoms with E-state index in [2.05, 4.69) is 4.98 Å². The molecule has 0 saturated heterocycles. The number of imidazole rings is 1.